The Labute approximate surface area is 331 Å². The topological polar surface area (TPSA) is 6.48 Å². The highest BCUT2D eigenvalue weighted by atomic mass is 32.1. The van der Waals surface area contributed by atoms with Crippen molar-refractivity contribution in [1.82, 2.24) is 0 Å². The van der Waals surface area contributed by atoms with Crippen LogP contribution in [0, 0.1) is 0 Å². The zero-order valence-electron chi connectivity index (χ0n) is 30.2. The number of anilines is 6. The molecule has 56 heavy (non-hydrogen) atoms. The van der Waals surface area contributed by atoms with Crippen molar-refractivity contribution < 1.29 is 0 Å². The smallest absolute Gasteiger partial charge is 0.0540 e. The molecule has 262 valence electrons. The van der Waals surface area contributed by atoms with Crippen molar-refractivity contribution in [2.75, 3.05) is 9.80 Å². The lowest BCUT2D eigenvalue weighted by molar-refractivity contribution is 1.30. The van der Waals surface area contributed by atoms with Gasteiger partial charge in [-0.15, -0.1) is 22.7 Å². The molecule has 0 unspecified atom stereocenters. The minimum atomic E-state index is 1.13. The lowest BCUT2D eigenvalue weighted by Crippen LogP contribution is -2.11. The van der Waals surface area contributed by atoms with E-state index in [0.717, 1.165) is 22.7 Å². The normalized spacial score (nSPS) is 11.9. The van der Waals surface area contributed by atoms with Crippen molar-refractivity contribution in [1.29, 1.82) is 0 Å². The van der Waals surface area contributed by atoms with Crippen LogP contribution in [0.15, 0.2) is 194 Å². The van der Waals surface area contributed by atoms with Gasteiger partial charge in [-0.2, -0.15) is 0 Å². The summed E-state index contributed by atoms with van der Waals surface area (Å²) in [5, 5.41) is 12.8. The maximum Gasteiger partial charge on any atom is 0.0540 e. The monoisotopic (exact) mass is 748 g/mol. The second-order valence-corrected chi connectivity index (χ2v) is 16.7. The number of nitrogens with zero attached hydrogens (tertiary/aromatic N) is 2. The Morgan fingerprint density at radius 2 is 0.643 bits per heavy atom. The van der Waals surface area contributed by atoms with Gasteiger partial charge < -0.3 is 9.80 Å². The molecule has 0 fully saturated rings. The van der Waals surface area contributed by atoms with Crippen LogP contribution in [0.4, 0.5) is 34.1 Å². The van der Waals surface area contributed by atoms with Crippen molar-refractivity contribution in [2.24, 2.45) is 0 Å². The first kappa shape index (κ1) is 31.6. The van der Waals surface area contributed by atoms with Gasteiger partial charge in [0.25, 0.3) is 0 Å². The largest absolute Gasteiger partial charge is 0.310 e. The van der Waals surface area contributed by atoms with Crippen LogP contribution in [0.5, 0.6) is 0 Å². The zero-order valence-corrected chi connectivity index (χ0v) is 31.8. The summed E-state index contributed by atoms with van der Waals surface area (Å²) in [6.45, 7) is 0. The van der Waals surface area contributed by atoms with Gasteiger partial charge in [0.1, 0.15) is 0 Å². The molecular formula is C52H32N2S2. The molecule has 0 N–H and O–H groups in total. The molecule has 0 amide bonds. The van der Waals surface area contributed by atoms with E-state index < -0.39 is 0 Å². The van der Waals surface area contributed by atoms with E-state index in [-0.39, 0.29) is 0 Å². The third-order valence-electron chi connectivity index (χ3n) is 11.4. The Bertz CT molecular complexity index is 3210. The maximum absolute atomic E-state index is 2.44. The van der Waals surface area contributed by atoms with Crippen molar-refractivity contribution in [2.45, 2.75) is 0 Å². The first-order valence-electron chi connectivity index (χ1n) is 19.0. The fourth-order valence-electron chi connectivity index (χ4n) is 8.88. The molecule has 4 heteroatoms. The molecule has 0 atom stereocenters. The highest BCUT2D eigenvalue weighted by Crippen LogP contribution is 2.49. The molecule has 2 heterocycles. The molecule has 0 saturated heterocycles. The van der Waals surface area contributed by atoms with Crippen LogP contribution >= 0.6 is 22.7 Å². The van der Waals surface area contributed by atoms with Crippen molar-refractivity contribution in [3.05, 3.63) is 194 Å². The third-order valence-corrected chi connectivity index (χ3v) is 13.6. The fourth-order valence-corrected chi connectivity index (χ4v) is 11.2. The minimum absolute atomic E-state index is 1.13. The molecule has 0 aliphatic heterocycles. The molecule has 12 aromatic rings. The van der Waals surface area contributed by atoms with Gasteiger partial charge >= 0.3 is 0 Å². The van der Waals surface area contributed by atoms with Gasteiger partial charge in [0.05, 0.1) is 11.4 Å². The zero-order chi connectivity index (χ0) is 36.7. The van der Waals surface area contributed by atoms with Crippen LogP contribution < -0.4 is 9.80 Å². The van der Waals surface area contributed by atoms with Gasteiger partial charge in [-0.3, -0.25) is 0 Å². The summed E-state index contributed by atoms with van der Waals surface area (Å²) in [7, 11) is 0. The number of benzene rings is 10. The molecule has 0 aliphatic carbocycles. The molecule has 2 aromatic heterocycles. The quantitative estimate of drug-likeness (QED) is 0.156. The second-order valence-electron chi connectivity index (χ2n) is 14.5. The average Bonchev–Trinajstić information content (AvgIpc) is 3.82. The average molecular weight is 749 g/mol. The van der Waals surface area contributed by atoms with Gasteiger partial charge in [-0.05, 0) is 94.3 Å². The van der Waals surface area contributed by atoms with E-state index in [1.807, 2.05) is 22.7 Å². The number of thiophene rings is 2. The Morgan fingerprint density at radius 3 is 1.11 bits per heavy atom. The van der Waals surface area contributed by atoms with E-state index in [2.05, 4.69) is 204 Å². The number of fused-ring (bicyclic) bond motifs is 6. The van der Waals surface area contributed by atoms with Crippen LogP contribution in [-0.2, 0) is 0 Å². The molecule has 0 radical (unpaired) electrons. The first-order chi connectivity index (χ1) is 27.8. The molecule has 12 rings (SSSR count). The molecule has 10 aromatic carbocycles. The summed E-state index contributed by atoms with van der Waals surface area (Å²) >= 11 is 3.73. The third kappa shape index (κ3) is 4.80. The SMILES string of the molecule is c1ccc(N(c2ccc3c(c2)sc2ccccc23)c2ccc3ccc4c(N(c5ccccc5)c5ccc6c(c5)sc5ccccc56)ccc5ccc2c3c54)cc1. The standard InChI is InChI=1S/C52H32N2S2/c1-3-11-35(12-4-1)53(37-23-27-41-39-15-7-9-17-47(39)55-49(41)31-37)45-29-21-33-20-26-44-46(30-22-34-19-25-43(45)51(33)52(34)44)54(36-13-5-2-6-14-36)38-24-28-42-40-16-8-10-18-48(40)56-50(42)32-38/h1-32H. The van der Waals surface area contributed by atoms with E-state index in [9.17, 15) is 0 Å². The van der Waals surface area contributed by atoms with E-state index in [1.165, 1.54) is 84.0 Å². The van der Waals surface area contributed by atoms with Crippen LogP contribution in [0.1, 0.15) is 0 Å². The van der Waals surface area contributed by atoms with E-state index in [0.29, 0.717) is 0 Å². The van der Waals surface area contributed by atoms with Gasteiger partial charge in [0.2, 0.25) is 0 Å². The van der Waals surface area contributed by atoms with Gasteiger partial charge in [-0.1, -0.05) is 121 Å². The van der Waals surface area contributed by atoms with Crippen molar-refractivity contribution in [3.8, 4) is 0 Å². The number of hydrogen-bond donors (Lipinski definition) is 0. The van der Waals surface area contributed by atoms with Gasteiger partial charge in [0, 0.05) is 73.9 Å². The molecule has 0 bridgehead atoms. The number of rotatable bonds is 6. The second kappa shape index (κ2) is 12.4. The summed E-state index contributed by atoms with van der Waals surface area (Å²) in [4.78, 5) is 4.88. The molecule has 2 nitrogen and oxygen atoms in total. The van der Waals surface area contributed by atoms with Crippen LogP contribution in [-0.4, -0.2) is 0 Å². The summed E-state index contributed by atoms with van der Waals surface area (Å²) in [6.07, 6.45) is 0. The predicted molar refractivity (Wildman–Crippen MR) is 245 cm³/mol. The fraction of sp³-hybridized carbons (Fsp3) is 0. The van der Waals surface area contributed by atoms with Crippen molar-refractivity contribution >= 4 is 129 Å². The Morgan fingerprint density at radius 1 is 0.268 bits per heavy atom. The lowest BCUT2D eigenvalue weighted by Gasteiger charge is -2.29. The molecule has 0 spiro atoms. The lowest BCUT2D eigenvalue weighted by atomic mass is 9.91. The highest BCUT2D eigenvalue weighted by Gasteiger charge is 2.22. The van der Waals surface area contributed by atoms with Crippen LogP contribution in [0.3, 0.4) is 0 Å². The Hall–Kier alpha value is -6.72. The van der Waals surface area contributed by atoms with Crippen molar-refractivity contribution in [3.63, 3.8) is 0 Å². The molecule has 0 aliphatic rings. The predicted octanol–water partition coefficient (Wildman–Crippen LogP) is 16.3. The number of hydrogen-bond acceptors (Lipinski definition) is 4. The van der Waals surface area contributed by atoms with Gasteiger partial charge in [-0.25, -0.2) is 0 Å². The molecule has 0 saturated carbocycles. The van der Waals surface area contributed by atoms with E-state index >= 15 is 0 Å². The summed E-state index contributed by atoms with van der Waals surface area (Å²) in [6, 6.07) is 71.5. The Kier molecular flexibility index (Phi) is 7.00. The maximum atomic E-state index is 2.44. The van der Waals surface area contributed by atoms with E-state index in [4.69, 9.17) is 0 Å². The summed E-state index contributed by atoms with van der Waals surface area (Å²) in [5.41, 5.74) is 6.90. The molecular weight excluding hydrogens is 717 g/mol. The van der Waals surface area contributed by atoms with Gasteiger partial charge in [0.15, 0.2) is 0 Å². The number of para-hydroxylation sites is 2. The van der Waals surface area contributed by atoms with E-state index in [1.54, 1.807) is 0 Å². The highest BCUT2D eigenvalue weighted by molar-refractivity contribution is 7.26. The first-order valence-corrected chi connectivity index (χ1v) is 20.6. The van der Waals surface area contributed by atoms with Crippen LogP contribution in [0.2, 0.25) is 0 Å². The summed E-state index contributed by atoms with van der Waals surface area (Å²) < 4.78 is 5.22. The Balaban J connectivity index is 1.09. The van der Waals surface area contributed by atoms with Crippen LogP contribution in [0.25, 0.3) is 72.7 Å². The summed E-state index contributed by atoms with van der Waals surface area (Å²) in [5.74, 6) is 0. The minimum Gasteiger partial charge on any atom is -0.310 e.